The van der Waals surface area contributed by atoms with Gasteiger partial charge in [0, 0.05) is 13.1 Å². The molecular weight excluding hydrogens is 262 g/mol. The quantitative estimate of drug-likeness (QED) is 0.700. The zero-order valence-electron chi connectivity index (χ0n) is 11.8. The number of carbonyl (C=O) groups excluding carboxylic acids is 1. The average molecular weight is 285 g/mol. The number of nitrogens with one attached hydrogen (secondary N) is 1. The van der Waals surface area contributed by atoms with Gasteiger partial charge in [-0.1, -0.05) is 25.6 Å². The molecule has 1 unspecified atom stereocenters. The summed E-state index contributed by atoms with van der Waals surface area (Å²) in [5, 5.41) is 11.7. The Morgan fingerprint density at radius 2 is 2.16 bits per heavy atom. The molecule has 0 aliphatic carbocycles. The summed E-state index contributed by atoms with van der Waals surface area (Å²) in [6.45, 7) is 7.90. The highest BCUT2D eigenvalue weighted by atomic mass is 32.2. The lowest BCUT2D eigenvalue weighted by molar-refractivity contribution is -0.120. The van der Waals surface area contributed by atoms with Crippen molar-refractivity contribution in [1.29, 1.82) is 0 Å². The predicted molar refractivity (Wildman–Crippen MR) is 76.8 cm³/mol. The Hall–Kier alpha value is -1.08. The number of nitrogens with two attached hydrogens (primary N) is 1. The van der Waals surface area contributed by atoms with Gasteiger partial charge in [-0.25, -0.2) is 0 Å². The predicted octanol–water partition coefficient (Wildman–Crippen LogP) is 1.15. The molecule has 0 fully saturated rings. The molecule has 1 aromatic rings. The largest absolute Gasteiger partial charge is 0.355 e. The minimum atomic E-state index is -0.183. The molecule has 1 heterocycles. The van der Waals surface area contributed by atoms with E-state index in [-0.39, 0.29) is 11.2 Å². The molecule has 0 aliphatic heterocycles. The van der Waals surface area contributed by atoms with Gasteiger partial charge in [0.2, 0.25) is 5.91 Å². The van der Waals surface area contributed by atoms with E-state index in [9.17, 15) is 4.79 Å². The Balaban J connectivity index is 2.70. The maximum atomic E-state index is 11.8. The van der Waals surface area contributed by atoms with Gasteiger partial charge >= 0.3 is 0 Å². The number of carbonyl (C=O) groups is 1. The highest BCUT2D eigenvalue weighted by Gasteiger charge is 2.18. The lowest BCUT2D eigenvalue weighted by Gasteiger charge is -2.12. The van der Waals surface area contributed by atoms with Crippen LogP contribution in [-0.4, -0.2) is 32.5 Å². The van der Waals surface area contributed by atoms with E-state index >= 15 is 0 Å². The Kier molecular flexibility index (Phi) is 6.86. The molecule has 0 aliphatic rings. The Morgan fingerprint density at radius 3 is 2.74 bits per heavy atom. The molecule has 108 valence electrons. The summed E-state index contributed by atoms with van der Waals surface area (Å²) >= 11 is 1.43. The minimum Gasteiger partial charge on any atom is -0.355 e. The zero-order chi connectivity index (χ0) is 14.3. The molecule has 0 spiro atoms. The molecule has 0 saturated heterocycles. The molecule has 3 N–H and O–H groups in total. The molecule has 19 heavy (non-hydrogen) atoms. The minimum absolute atomic E-state index is 0.0344. The van der Waals surface area contributed by atoms with Crippen molar-refractivity contribution in [2.75, 3.05) is 6.54 Å². The van der Waals surface area contributed by atoms with E-state index in [1.807, 2.05) is 18.4 Å². The second kappa shape index (κ2) is 8.16. The first-order valence-corrected chi connectivity index (χ1v) is 7.58. The third-order valence-electron chi connectivity index (χ3n) is 2.62. The molecule has 1 amide bonds. The summed E-state index contributed by atoms with van der Waals surface area (Å²) in [7, 11) is 0. The third-order valence-corrected chi connectivity index (χ3v) is 3.70. The molecule has 7 heteroatoms. The second-order valence-corrected chi connectivity index (χ2v) is 5.61. The van der Waals surface area contributed by atoms with Crippen molar-refractivity contribution < 1.29 is 4.79 Å². The van der Waals surface area contributed by atoms with E-state index in [0.717, 1.165) is 30.4 Å². The standard InChI is InChI=1S/C12H23N5OS/c1-4-6-14-11(18)9(3)19-12-16-15-10(8-13)17(12)7-5-2/h9H,4-8,13H2,1-3H3,(H,14,18). The van der Waals surface area contributed by atoms with Gasteiger partial charge in [-0.2, -0.15) is 0 Å². The Morgan fingerprint density at radius 1 is 1.42 bits per heavy atom. The second-order valence-electron chi connectivity index (χ2n) is 4.31. The maximum absolute atomic E-state index is 11.8. The Bertz CT molecular complexity index is 407. The van der Waals surface area contributed by atoms with Crippen LogP contribution in [0, 0.1) is 0 Å². The van der Waals surface area contributed by atoms with Crippen molar-refractivity contribution in [3.05, 3.63) is 5.82 Å². The summed E-state index contributed by atoms with van der Waals surface area (Å²) in [4.78, 5) is 11.8. The molecular formula is C12H23N5OS. The smallest absolute Gasteiger partial charge is 0.233 e. The normalized spacial score (nSPS) is 12.4. The molecule has 0 saturated carbocycles. The summed E-state index contributed by atoms with van der Waals surface area (Å²) in [5.74, 6) is 0.803. The topological polar surface area (TPSA) is 85.8 Å². The van der Waals surface area contributed by atoms with Gasteiger partial charge in [0.1, 0.15) is 5.82 Å². The van der Waals surface area contributed by atoms with E-state index < -0.39 is 0 Å². The summed E-state index contributed by atoms with van der Waals surface area (Å²) < 4.78 is 1.99. The van der Waals surface area contributed by atoms with Crippen molar-refractivity contribution in [3.63, 3.8) is 0 Å². The number of hydrogen-bond acceptors (Lipinski definition) is 5. The van der Waals surface area contributed by atoms with Crippen LogP contribution in [-0.2, 0) is 17.9 Å². The van der Waals surface area contributed by atoms with E-state index in [1.165, 1.54) is 11.8 Å². The Labute approximate surface area is 118 Å². The van der Waals surface area contributed by atoms with Crippen molar-refractivity contribution in [1.82, 2.24) is 20.1 Å². The van der Waals surface area contributed by atoms with E-state index in [1.54, 1.807) is 0 Å². The fourth-order valence-corrected chi connectivity index (χ4v) is 2.53. The van der Waals surface area contributed by atoms with E-state index in [0.29, 0.717) is 13.1 Å². The lowest BCUT2D eigenvalue weighted by atomic mass is 10.4. The number of thioether (sulfide) groups is 1. The molecule has 6 nitrogen and oxygen atoms in total. The number of nitrogens with zero attached hydrogens (tertiary/aromatic N) is 3. The fourth-order valence-electron chi connectivity index (χ4n) is 1.61. The number of rotatable bonds is 8. The molecule has 1 aromatic heterocycles. The van der Waals surface area contributed by atoms with Crippen LogP contribution in [0.25, 0.3) is 0 Å². The fraction of sp³-hybridized carbons (Fsp3) is 0.750. The highest BCUT2D eigenvalue weighted by Crippen LogP contribution is 2.22. The van der Waals surface area contributed by atoms with Gasteiger partial charge < -0.3 is 15.6 Å². The van der Waals surface area contributed by atoms with Crippen LogP contribution in [0.3, 0.4) is 0 Å². The van der Waals surface area contributed by atoms with Crippen LogP contribution in [0.4, 0.5) is 0 Å². The average Bonchev–Trinajstić information content (AvgIpc) is 2.78. The van der Waals surface area contributed by atoms with Crippen LogP contribution in [0.15, 0.2) is 5.16 Å². The van der Waals surface area contributed by atoms with Crippen LogP contribution >= 0.6 is 11.8 Å². The highest BCUT2D eigenvalue weighted by molar-refractivity contribution is 8.00. The first kappa shape index (κ1) is 16.0. The van der Waals surface area contributed by atoms with E-state index in [4.69, 9.17) is 5.73 Å². The molecule has 0 aromatic carbocycles. The zero-order valence-corrected chi connectivity index (χ0v) is 12.7. The molecule has 1 rings (SSSR count). The third kappa shape index (κ3) is 4.50. The summed E-state index contributed by atoms with van der Waals surface area (Å²) in [5.41, 5.74) is 5.64. The van der Waals surface area contributed by atoms with Crippen LogP contribution in [0.5, 0.6) is 0 Å². The van der Waals surface area contributed by atoms with Gasteiger partial charge in [0.25, 0.3) is 0 Å². The number of amides is 1. The van der Waals surface area contributed by atoms with Crippen molar-refractivity contribution >= 4 is 17.7 Å². The van der Waals surface area contributed by atoms with Crippen molar-refractivity contribution in [2.45, 2.75) is 57.1 Å². The first-order chi connectivity index (χ1) is 9.13. The SMILES string of the molecule is CCCNC(=O)C(C)Sc1nnc(CN)n1CCC. The van der Waals surface area contributed by atoms with Gasteiger partial charge in [-0.15, -0.1) is 10.2 Å². The lowest BCUT2D eigenvalue weighted by Crippen LogP contribution is -2.31. The van der Waals surface area contributed by atoms with E-state index in [2.05, 4.69) is 22.4 Å². The molecule has 0 bridgehead atoms. The van der Waals surface area contributed by atoms with Gasteiger partial charge in [-0.05, 0) is 19.8 Å². The summed E-state index contributed by atoms with van der Waals surface area (Å²) in [6.07, 6.45) is 1.92. The van der Waals surface area contributed by atoms with Gasteiger partial charge in [0.15, 0.2) is 5.16 Å². The monoisotopic (exact) mass is 285 g/mol. The number of aromatic nitrogens is 3. The van der Waals surface area contributed by atoms with Gasteiger partial charge in [0.05, 0.1) is 11.8 Å². The van der Waals surface area contributed by atoms with Crippen LogP contribution in [0.1, 0.15) is 39.4 Å². The van der Waals surface area contributed by atoms with Crippen LogP contribution in [0.2, 0.25) is 0 Å². The van der Waals surface area contributed by atoms with Gasteiger partial charge in [-0.3, -0.25) is 4.79 Å². The van der Waals surface area contributed by atoms with Crippen LogP contribution < -0.4 is 11.1 Å². The molecule has 0 radical (unpaired) electrons. The maximum Gasteiger partial charge on any atom is 0.233 e. The van der Waals surface area contributed by atoms with Crippen molar-refractivity contribution in [3.8, 4) is 0 Å². The number of hydrogen-bond donors (Lipinski definition) is 2. The first-order valence-electron chi connectivity index (χ1n) is 6.70. The summed E-state index contributed by atoms with van der Waals surface area (Å²) in [6, 6.07) is 0. The van der Waals surface area contributed by atoms with Crippen molar-refractivity contribution in [2.24, 2.45) is 5.73 Å². The molecule has 1 atom stereocenters.